The number of carbonyl (C=O) groups is 13. The van der Waals surface area contributed by atoms with E-state index in [9.17, 15) is 43.2 Å². The van der Waals surface area contributed by atoms with Gasteiger partial charge in [0, 0.05) is 91.1 Å². The lowest BCUT2D eigenvalue weighted by molar-refractivity contribution is -0.141. The summed E-state index contributed by atoms with van der Waals surface area (Å²) in [7, 11) is 0. The molecule has 10 amide bonds. The van der Waals surface area contributed by atoms with E-state index in [0.717, 1.165) is 0 Å². The number of carbonyl (C=O) groups excluding carboxylic acids is 13. The van der Waals surface area contributed by atoms with Crippen molar-refractivity contribution in [2.75, 3.05) is 36.8 Å². The van der Waals surface area contributed by atoms with Crippen molar-refractivity contribution in [3.8, 4) is 11.5 Å². The van der Waals surface area contributed by atoms with Gasteiger partial charge in [-0.2, -0.15) is 0 Å². The zero-order valence-electron chi connectivity index (χ0n) is 74.0. The normalized spacial score (nSPS) is 16.6. The first-order valence-electron chi connectivity index (χ1n) is 43.3. The van der Waals surface area contributed by atoms with Crippen LogP contribution in [0.5, 0.6) is 11.5 Å². The van der Waals surface area contributed by atoms with Crippen LogP contribution in [-0.4, -0.2) is 161 Å². The molecule has 6 atom stereocenters. The standard InChI is InChI=1S/C96H112N12O21/c1-59(2)79(101-92(120)128-94(5,6)7)83(113)107-49-27-41-73(107)75(109)51-65(37-25-47-97-86(103-88(116)122-55-61-29-15-11-16-30-61)104-89(117)123-56-62-31-17-12-18-32-62)81(111)99-67-43-45-71-77(53-67)126-78-54-68(44-46-72(78)96(71)70-40-24-23-39-69(70)85(115)127-96)100-82(112)66(52-76(110)74-42-28-50-108(74)84(114)80(60(3)4)102-93(121)129-95(8,9)10)38-26-48-98-87(105-90(118)124-57-63-33-19-13-20-34-63)106-91(119)125-58-64-35-21-14-22-36-64/h11-24,29-36,39-40,43-46,53-54,59-60,65-66,73-74,79-80H,25-28,37-38,41-42,47-52,55-58H2,1-10H3,(H,99,111)(H,100,112)(H,101,120)(H,102,121)(H2,97,103,104,116,117)(H2,98,105,106,118,119)/t65-,66-,73+,74+,79+,80+/m1/s1. The summed E-state index contributed by atoms with van der Waals surface area (Å²) in [5.41, 5.74) is 0.823. The van der Waals surface area contributed by atoms with Crippen LogP contribution in [-0.2, 0) is 94.0 Å². The third kappa shape index (κ3) is 27.0. The molecule has 4 heterocycles. The number of ether oxygens (including phenoxy) is 8. The molecule has 0 saturated carbocycles. The van der Waals surface area contributed by atoms with E-state index in [1.54, 1.807) is 239 Å². The molecule has 2 fully saturated rings. The number of amides is 10. The summed E-state index contributed by atoms with van der Waals surface area (Å²) < 4.78 is 46.1. The van der Waals surface area contributed by atoms with Crippen molar-refractivity contribution < 1.29 is 100 Å². The number of alkyl carbamates (subject to hydrolysis) is 4. The first-order chi connectivity index (χ1) is 61.7. The Balaban J connectivity index is 0.870. The zero-order chi connectivity index (χ0) is 92.5. The number of esters is 1. The first kappa shape index (κ1) is 95.6. The maximum Gasteiger partial charge on any atom is 0.437 e. The second-order valence-corrected chi connectivity index (χ2v) is 34.5. The van der Waals surface area contributed by atoms with E-state index in [1.807, 2.05) is 0 Å². The Kier molecular flexibility index (Phi) is 32.9. The number of fused-ring (bicyclic) bond motifs is 6. The fourth-order valence-electron chi connectivity index (χ4n) is 15.4. The molecule has 4 aliphatic rings. The van der Waals surface area contributed by atoms with Gasteiger partial charge in [0.15, 0.2) is 17.2 Å². The molecular formula is C96H112N12O21. The summed E-state index contributed by atoms with van der Waals surface area (Å²) >= 11 is 0. The SMILES string of the molecule is CC(C)[C@H](NC(=O)OC(C)(C)C)C(=O)N1CCC[C@H]1C(=O)C[C@@H](CCCNC(=NC(=O)OCc1ccccc1)NC(=O)OCc1ccccc1)C(=O)Nc1ccc2c(c1)Oc1cc(NC(=O)[C@H](CCCNC(=NC(=O)OCc3ccccc3)NC(=O)OCc3ccccc3)CC(=O)[C@@H]3CCCN3C(=O)[C@@H](NC(=O)OC(C)(C)C)C(C)C)ccc1C21OC(=O)c2ccccc21. The second-order valence-electron chi connectivity index (χ2n) is 34.5. The smallest absolute Gasteiger partial charge is 0.437 e. The minimum Gasteiger partial charge on any atom is -0.456 e. The lowest BCUT2D eigenvalue weighted by atomic mass is 9.77. The highest BCUT2D eigenvalue weighted by Crippen LogP contribution is 2.57. The van der Waals surface area contributed by atoms with Crippen LogP contribution >= 0.6 is 0 Å². The third-order valence-electron chi connectivity index (χ3n) is 21.6. The average Bonchev–Trinajstić information content (AvgIpc) is 1.57. The number of likely N-dealkylation sites (tertiary alicyclic amines) is 2. The summed E-state index contributed by atoms with van der Waals surface area (Å²) in [6.45, 7) is 16.8. The number of ketones is 2. The van der Waals surface area contributed by atoms with Crippen molar-refractivity contribution in [3.63, 3.8) is 0 Å². The van der Waals surface area contributed by atoms with Gasteiger partial charge in [-0.25, -0.2) is 33.6 Å². The van der Waals surface area contributed by atoms with E-state index in [1.165, 1.54) is 21.9 Å². The largest absolute Gasteiger partial charge is 0.456 e. The highest BCUT2D eigenvalue weighted by atomic mass is 16.6. The van der Waals surface area contributed by atoms with E-state index in [4.69, 9.17) is 37.9 Å². The minimum absolute atomic E-state index is 0.0309. The molecule has 7 aromatic rings. The molecule has 129 heavy (non-hydrogen) atoms. The van der Waals surface area contributed by atoms with Crippen molar-refractivity contribution in [2.45, 2.75) is 201 Å². The fraction of sp³-hybridized carbons (Fsp3) is 0.406. The van der Waals surface area contributed by atoms with Gasteiger partial charge >= 0.3 is 42.5 Å². The number of benzene rings is 7. The summed E-state index contributed by atoms with van der Waals surface area (Å²) in [6.07, 6.45) is -5.02. The van der Waals surface area contributed by atoms with Gasteiger partial charge in [0.25, 0.3) is 0 Å². The fourth-order valence-corrected chi connectivity index (χ4v) is 15.4. The van der Waals surface area contributed by atoms with Gasteiger partial charge in [0.1, 0.15) is 61.2 Å². The molecule has 4 aliphatic heterocycles. The van der Waals surface area contributed by atoms with Gasteiger partial charge in [0.05, 0.1) is 17.6 Å². The topological polar surface area (TPSA) is 423 Å². The molecular weight excluding hydrogens is 1660 g/mol. The molecule has 33 heteroatoms. The zero-order valence-corrected chi connectivity index (χ0v) is 74.0. The van der Waals surface area contributed by atoms with Gasteiger partial charge in [-0.05, 0) is 157 Å². The van der Waals surface area contributed by atoms with Crippen LogP contribution in [0.4, 0.5) is 40.1 Å². The number of rotatable bonds is 32. The first-order valence-corrected chi connectivity index (χ1v) is 43.3. The molecule has 8 N–H and O–H groups in total. The number of nitrogens with zero attached hydrogens (tertiary/aromatic N) is 4. The van der Waals surface area contributed by atoms with E-state index in [0.29, 0.717) is 51.8 Å². The summed E-state index contributed by atoms with van der Waals surface area (Å²) in [5, 5.41) is 22.2. The number of Topliss-reactive ketones (excluding diaryl/α,β-unsaturated/α-hetero) is 2. The van der Waals surface area contributed by atoms with Gasteiger partial charge in [-0.3, -0.25) is 39.4 Å². The average molecular weight is 1770 g/mol. The van der Waals surface area contributed by atoms with Crippen LogP contribution in [0.25, 0.3) is 0 Å². The molecule has 1 spiro atoms. The predicted octanol–water partition coefficient (Wildman–Crippen LogP) is 14.3. The monoisotopic (exact) mass is 1770 g/mol. The molecule has 0 aliphatic carbocycles. The highest BCUT2D eigenvalue weighted by molar-refractivity contribution is 6.03. The molecule has 11 rings (SSSR count). The molecule has 0 radical (unpaired) electrons. The Morgan fingerprint density at radius 3 is 1.19 bits per heavy atom. The lowest BCUT2D eigenvalue weighted by Gasteiger charge is -2.37. The second kappa shape index (κ2) is 44.4. The van der Waals surface area contributed by atoms with Crippen molar-refractivity contribution in [2.24, 2.45) is 33.7 Å². The number of hydrogen-bond donors (Lipinski definition) is 8. The van der Waals surface area contributed by atoms with Crippen LogP contribution in [0.1, 0.15) is 183 Å². The highest BCUT2D eigenvalue weighted by Gasteiger charge is 2.54. The Hall–Kier alpha value is -14.0. The number of hydrogen-bond acceptors (Lipinski definition) is 21. The van der Waals surface area contributed by atoms with Crippen molar-refractivity contribution in [1.29, 1.82) is 0 Å². The van der Waals surface area contributed by atoms with E-state index >= 15 is 19.2 Å². The molecule has 0 bridgehead atoms. The quantitative estimate of drug-likeness (QED) is 0.00638. The molecule has 33 nitrogen and oxygen atoms in total. The summed E-state index contributed by atoms with van der Waals surface area (Å²) in [5.74, 6) is -7.63. The maximum atomic E-state index is 15.3. The predicted molar refractivity (Wildman–Crippen MR) is 476 cm³/mol. The maximum absolute atomic E-state index is 15.3. The molecule has 2 saturated heterocycles. The van der Waals surface area contributed by atoms with Crippen molar-refractivity contribution in [1.82, 2.24) is 41.7 Å². The van der Waals surface area contributed by atoms with Gasteiger partial charge < -0.3 is 79.6 Å². The van der Waals surface area contributed by atoms with Crippen LogP contribution in [0, 0.1) is 23.7 Å². The number of nitrogens with one attached hydrogen (secondary N) is 8. The van der Waals surface area contributed by atoms with Gasteiger partial charge in [-0.1, -0.05) is 167 Å². The van der Waals surface area contributed by atoms with Crippen LogP contribution in [0.15, 0.2) is 192 Å². The van der Waals surface area contributed by atoms with E-state index in [2.05, 4.69) is 52.5 Å². The van der Waals surface area contributed by atoms with Crippen LogP contribution in [0.3, 0.4) is 0 Å². The van der Waals surface area contributed by atoms with Crippen molar-refractivity contribution >= 4 is 101 Å². The minimum atomic E-state index is -1.71. The lowest BCUT2D eigenvalue weighted by Crippen LogP contribution is -2.54. The Morgan fingerprint density at radius 1 is 0.457 bits per heavy atom. The van der Waals surface area contributed by atoms with Gasteiger partial charge in [-0.15, -0.1) is 9.98 Å². The van der Waals surface area contributed by atoms with Crippen molar-refractivity contribution in [3.05, 3.63) is 226 Å². The molecule has 682 valence electrons. The Morgan fingerprint density at radius 2 is 0.822 bits per heavy atom. The van der Waals surface area contributed by atoms with Crippen LogP contribution in [0.2, 0.25) is 0 Å². The summed E-state index contributed by atoms with van der Waals surface area (Å²) in [6, 6.07) is 47.5. The van der Waals surface area contributed by atoms with E-state index < -0.39 is 155 Å². The van der Waals surface area contributed by atoms with Crippen LogP contribution < -0.4 is 47.3 Å². The number of guanidine groups is 2. The molecule has 0 unspecified atom stereocenters. The van der Waals surface area contributed by atoms with E-state index in [-0.39, 0.29) is 131 Å². The number of aliphatic imine (C=N–C) groups is 2. The number of anilines is 2. The molecule has 0 aromatic heterocycles. The Bertz CT molecular complexity index is 4960. The Labute approximate surface area is 748 Å². The third-order valence-corrected chi connectivity index (χ3v) is 21.6. The molecule has 7 aromatic carbocycles. The van der Waals surface area contributed by atoms with Gasteiger partial charge in [0.2, 0.25) is 35.5 Å². The summed E-state index contributed by atoms with van der Waals surface area (Å²) in [4.78, 5) is 195.